The number of carbonyl (C=O) groups is 1. The molecule has 1 N–H and O–H groups in total. The lowest BCUT2D eigenvalue weighted by Crippen LogP contribution is -2.37. The van der Waals surface area contributed by atoms with Crippen LogP contribution in [0.5, 0.6) is 11.5 Å². The molecule has 4 heterocycles. The Morgan fingerprint density at radius 1 is 1.19 bits per heavy atom. The van der Waals surface area contributed by atoms with E-state index in [-0.39, 0.29) is 15.7 Å². The minimum absolute atomic E-state index is 0.0483. The van der Waals surface area contributed by atoms with Gasteiger partial charge in [-0.2, -0.15) is 0 Å². The van der Waals surface area contributed by atoms with Gasteiger partial charge in [0.15, 0.2) is 11.6 Å². The topological polar surface area (TPSA) is 81.5 Å². The summed E-state index contributed by atoms with van der Waals surface area (Å²) in [5.41, 5.74) is 2.43. The molecular formula is C31H33FIN5O3S. The summed E-state index contributed by atoms with van der Waals surface area (Å²) in [6, 6.07) is 8.08. The summed E-state index contributed by atoms with van der Waals surface area (Å²) >= 11 is 3.75. The molecule has 1 aliphatic rings. The zero-order valence-corrected chi connectivity index (χ0v) is 26.9. The van der Waals surface area contributed by atoms with Crippen LogP contribution in [0.15, 0.2) is 72.7 Å². The molecule has 0 saturated carbocycles. The average molecular weight is 702 g/mol. The number of carbonyl (C=O) groups excluding carboxylic acids is 1. The minimum atomic E-state index is -0.594. The Morgan fingerprint density at radius 2 is 2.02 bits per heavy atom. The molecule has 0 spiro atoms. The number of nitrogens with one attached hydrogen (secondary N) is 1. The van der Waals surface area contributed by atoms with Crippen LogP contribution >= 0.6 is 33.9 Å². The molecule has 11 heteroatoms. The highest BCUT2D eigenvalue weighted by atomic mass is 127. The molecular weight excluding hydrogens is 668 g/mol. The maximum atomic E-state index is 15.3. The number of fused-ring (bicyclic) bond motifs is 1. The predicted octanol–water partition coefficient (Wildman–Crippen LogP) is 7.98. The largest absolute Gasteiger partial charge is 0.493 e. The third-order valence-electron chi connectivity index (χ3n) is 6.76. The van der Waals surface area contributed by atoms with Crippen molar-refractivity contribution < 1.29 is 18.7 Å². The number of pyridine rings is 1. The smallest absolute Gasteiger partial charge is 0.258 e. The molecule has 5 rings (SSSR count). The number of allylic oxidation sites excluding steroid dienone is 1. The van der Waals surface area contributed by atoms with Crippen molar-refractivity contribution in [2.45, 2.75) is 44.7 Å². The van der Waals surface area contributed by atoms with Crippen LogP contribution in [-0.2, 0) is 16.1 Å². The van der Waals surface area contributed by atoms with Gasteiger partial charge in [0.05, 0.1) is 39.3 Å². The van der Waals surface area contributed by atoms with E-state index in [9.17, 15) is 4.79 Å². The van der Waals surface area contributed by atoms with Crippen LogP contribution in [0.25, 0.3) is 20.8 Å². The first-order valence-corrected chi connectivity index (χ1v) is 16.0. The summed E-state index contributed by atoms with van der Waals surface area (Å²) in [5.74, 6) is 0.675. The van der Waals surface area contributed by atoms with Crippen LogP contribution in [0.4, 0.5) is 10.1 Å². The predicted molar refractivity (Wildman–Crippen MR) is 173 cm³/mol. The maximum absolute atomic E-state index is 15.3. The second kappa shape index (κ2) is 13.2. The number of hydrogen-bond donors (Lipinski definition) is 1. The molecule has 0 saturated heterocycles. The number of aryl methyl sites for hydroxylation is 1. The highest BCUT2D eigenvalue weighted by molar-refractivity contribution is 14.1. The Bertz CT molecular complexity index is 1650. The second-order valence-electron chi connectivity index (χ2n) is 10.2. The molecule has 1 aliphatic heterocycles. The summed E-state index contributed by atoms with van der Waals surface area (Å²) in [7, 11) is 0. The van der Waals surface area contributed by atoms with E-state index in [1.807, 2.05) is 36.0 Å². The van der Waals surface area contributed by atoms with E-state index in [4.69, 9.17) is 9.47 Å². The molecule has 8 nitrogen and oxygen atoms in total. The van der Waals surface area contributed by atoms with Crippen LogP contribution < -0.4 is 10.1 Å². The van der Waals surface area contributed by atoms with Gasteiger partial charge < -0.3 is 24.3 Å². The molecule has 1 atom stereocenters. The van der Waals surface area contributed by atoms with E-state index >= 15 is 4.39 Å². The molecule has 0 bridgehead atoms. The third kappa shape index (κ3) is 6.62. The molecule has 0 fully saturated rings. The van der Waals surface area contributed by atoms with Gasteiger partial charge in [0.25, 0.3) is 5.91 Å². The summed E-state index contributed by atoms with van der Waals surface area (Å²) in [6.45, 7) is 10.4. The van der Waals surface area contributed by atoms with Crippen molar-refractivity contribution in [3.8, 4) is 22.1 Å². The highest BCUT2D eigenvalue weighted by Gasteiger charge is 2.30. The molecule has 42 heavy (non-hydrogen) atoms. The van der Waals surface area contributed by atoms with Gasteiger partial charge in [-0.3, -0.25) is 9.78 Å². The Morgan fingerprint density at radius 3 is 2.74 bits per heavy atom. The number of rotatable bonds is 11. The molecule has 1 unspecified atom stereocenters. The lowest BCUT2D eigenvalue weighted by molar-refractivity contribution is -0.113. The van der Waals surface area contributed by atoms with Crippen molar-refractivity contribution in [2.24, 2.45) is 5.92 Å². The van der Waals surface area contributed by atoms with Crippen molar-refractivity contribution >= 4 is 55.7 Å². The van der Waals surface area contributed by atoms with Crippen molar-refractivity contribution in [3.05, 3.63) is 78.5 Å². The number of nitrogens with zero attached hydrogens (tertiary/aromatic N) is 4. The Balaban J connectivity index is 1.33. The summed E-state index contributed by atoms with van der Waals surface area (Å²) in [6.07, 6.45) is 10.2. The third-order valence-corrected chi connectivity index (χ3v) is 9.26. The number of imidazole rings is 1. The van der Waals surface area contributed by atoms with Crippen LogP contribution in [0.1, 0.15) is 34.1 Å². The van der Waals surface area contributed by atoms with Gasteiger partial charge in [-0.1, -0.05) is 36.4 Å². The number of anilines is 1. The fraction of sp³-hybridized carbons (Fsp3) is 0.323. The van der Waals surface area contributed by atoms with Crippen molar-refractivity contribution in [2.75, 3.05) is 18.5 Å². The number of halogens is 2. The lowest BCUT2D eigenvalue weighted by Gasteiger charge is -2.32. The summed E-state index contributed by atoms with van der Waals surface area (Å²) in [5, 5.41) is 2.85. The average Bonchev–Trinajstić information content (AvgIpc) is 3.62. The number of aromatic nitrogens is 3. The summed E-state index contributed by atoms with van der Waals surface area (Å²) < 4.78 is 29.7. The van der Waals surface area contributed by atoms with Gasteiger partial charge in [0.1, 0.15) is 15.6 Å². The Hall–Kier alpha value is -3.45. The molecule has 4 aromatic rings. The molecule has 1 amide bonds. The van der Waals surface area contributed by atoms with E-state index in [0.29, 0.717) is 35.3 Å². The van der Waals surface area contributed by atoms with Gasteiger partial charge in [-0.05, 0) is 50.5 Å². The van der Waals surface area contributed by atoms with Crippen LogP contribution in [0.2, 0.25) is 0 Å². The fourth-order valence-electron chi connectivity index (χ4n) is 4.47. The number of alkyl halides is 1. The van der Waals surface area contributed by atoms with Crippen molar-refractivity contribution in [3.63, 3.8) is 0 Å². The molecule has 3 aromatic heterocycles. The fourth-order valence-corrected chi connectivity index (χ4v) is 6.55. The zero-order valence-electron chi connectivity index (χ0n) is 23.9. The van der Waals surface area contributed by atoms with E-state index < -0.39 is 5.82 Å². The Labute approximate surface area is 262 Å². The zero-order chi connectivity index (χ0) is 29.8. The van der Waals surface area contributed by atoms with Gasteiger partial charge in [-0.25, -0.2) is 9.37 Å². The molecule has 220 valence electrons. The SMILES string of the molecule is CCOC1=C(C(=O)Nc2ccc(Oc3ccnc4cc(-c5cn(CC)cn5)sc34)c(F)c2)C(I)N(CCC(C)C)C=C1. The first-order chi connectivity index (χ1) is 20.3. The standard InChI is InChI=1S/C31H33FIN5O3S/c1-5-37-17-23(35-18-37)27-16-22-29(42-27)26(9-12-34-22)41-24-8-7-20(15-21(24)32)36-31(39)28-25(40-6-2)11-14-38(30(28)33)13-10-19(3)4/h7-9,11-12,14-19,30H,5-6,10,13H2,1-4H3,(H,36,39). The number of benzene rings is 1. The van der Waals surface area contributed by atoms with Crippen LogP contribution in [-0.4, -0.2) is 42.5 Å². The quantitative estimate of drug-likeness (QED) is 0.0971. The van der Waals surface area contributed by atoms with E-state index in [0.717, 1.165) is 40.3 Å². The molecule has 0 radical (unpaired) electrons. The van der Waals surface area contributed by atoms with Gasteiger partial charge >= 0.3 is 0 Å². The van der Waals surface area contributed by atoms with E-state index in [1.165, 1.54) is 23.5 Å². The minimum Gasteiger partial charge on any atom is -0.493 e. The van der Waals surface area contributed by atoms with Gasteiger partial charge in [-0.15, -0.1) is 11.3 Å². The van der Waals surface area contributed by atoms with Crippen LogP contribution in [0.3, 0.4) is 0 Å². The monoisotopic (exact) mass is 701 g/mol. The van der Waals surface area contributed by atoms with E-state index in [1.54, 1.807) is 24.7 Å². The number of hydrogen-bond acceptors (Lipinski definition) is 7. The maximum Gasteiger partial charge on any atom is 0.258 e. The van der Waals surface area contributed by atoms with Crippen molar-refractivity contribution in [1.82, 2.24) is 19.4 Å². The molecule has 1 aromatic carbocycles. The Kier molecular flexibility index (Phi) is 9.47. The molecule has 0 aliphatic carbocycles. The van der Waals surface area contributed by atoms with Crippen LogP contribution in [0, 0.1) is 11.7 Å². The number of thiophene rings is 1. The van der Waals surface area contributed by atoms with Crippen molar-refractivity contribution in [1.29, 1.82) is 0 Å². The normalized spacial score (nSPS) is 15.1. The first kappa shape index (κ1) is 30.0. The second-order valence-corrected chi connectivity index (χ2v) is 12.4. The number of ether oxygens (including phenoxy) is 2. The lowest BCUT2D eigenvalue weighted by atomic mass is 10.1. The highest BCUT2D eigenvalue weighted by Crippen LogP contribution is 2.39. The summed E-state index contributed by atoms with van der Waals surface area (Å²) in [4.78, 5) is 25.4. The van der Waals surface area contributed by atoms with Gasteiger partial charge in [0.2, 0.25) is 0 Å². The first-order valence-electron chi connectivity index (χ1n) is 13.9. The van der Waals surface area contributed by atoms with E-state index in [2.05, 4.69) is 63.5 Å². The number of amides is 1. The van der Waals surface area contributed by atoms with Gasteiger partial charge in [0, 0.05) is 49.5 Å².